The van der Waals surface area contributed by atoms with Crippen molar-refractivity contribution in [2.75, 3.05) is 12.4 Å². The zero-order valence-electron chi connectivity index (χ0n) is 12.8. The van der Waals surface area contributed by atoms with Crippen LogP contribution in [0.1, 0.15) is 15.9 Å². The third-order valence-electron chi connectivity index (χ3n) is 3.71. The second-order valence-electron chi connectivity index (χ2n) is 5.18. The van der Waals surface area contributed by atoms with Gasteiger partial charge in [0, 0.05) is 17.3 Å². The van der Waals surface area contributed by atoms with Gasteiger partial charge in [-0.05, 0) is 36.8 Å². The Kier molecular flexibility index (Phi) is 3.85. The second-order valence-corrected chi connectivity index (χ2v) is 5.18. The van der Waals surface area contributed by atoms with E-state index in [0.29, 0.717) is 22.3 Å². The largest absolute Gasteiger partial charge is 0.497 e. The van der Waals surface area contributed by atoms with Gasteiger partial charge in [0.15, 0.2) is 0 Å². The number of hydrogen-bond donors (Lipinski definition) is 2. The Morgan fingerprint density at radius 2 is 2.00 bits per heavy atom. The summed E-state index contributed by atoms with van der Waals surface area (Å²) in [6.45, 7) is 1.97. The third kappa shape index (κ3) is 2.81. The highest BCUT2D eigenvalue weighted by Crippen LogP contribution is 2.32. The van der Waals surface area contributed by atoms with Gasteiger partial charge in [0.25, 0.3) is 0 Å². The van der Waals surface area contributed by atoms with E-state index in [4.69, 9.17) is 4.74 Å². The van der Waals surface area contributed by atoms with Gasteiger partial charge >= 0.3 is 5.97 Å². The molecule has 1 aromatic heterocycles. The highest BCUT2D eigenvalue weighted by atomic mass is 16.5. The fraction of sp³-hybridized carbons (Fsp3) is 0.111. The lowest BCUT2D eigenvalue weighted by Crippen LogP contribution is -2.05. The minimum atomic E-state index is -1.03. The van der Waals surface area contributed by atoms with Crippen molar-refractivity contribution in [2.45, 2.75) is 6.92 Å². The van der Waals surface area contributed by atoms with Crippen molar-refractivity contribution < 1.29 is 14.6 Å². The van der Waals surface area contributed by atoms with E-state index in [2.05, 4.69) is 10.3 Å². The van der Waals surface area contributed by atoms with Crippen molar-refractivity contribution in [2.24, 2.45) is 0 Å². The van der Waals surface area contributed by atoms with Gasteiger partial charge in [-0.2, -0.15) is 0 Å². The van der Waals surface area contributed by atoms with E-state index in [1.54, 1.807) is 19.2 Å². The van der Waals surface area contributed by atoms with E-state index in [-0.39, 0.29) is 5.56 Å². The summed E-state index contributed by atoms with van der Waals surface area (Å²) in [5.41, 5.74) is 3.21. The molecule has 0 spiro atoms. The number of carboxylic acid groups (broad SMARTS) is 1. The molecule has 5 nitrogen and oxygen atoms in total. The second kappa shape index (κ2) is 5.96. The van der Waals surface area contributed by atoms with Crippen LogP contribution < -0.4 is 10.1 Å². The Balaban J connectivity index is 2.24. The lowest BCUT2D eigenvalue weighted by Gasteiger charge is -2.15. The van der Waals surface area contributed by atoms with E-state index >= 15 is 0 Å². The molecule has 3 rings (SSSR count). The van der Waals surface area contributed by atoms with Gasteiger partial charge in [0.1, 0.15) is 11.3 Å². The standard InChI is InChI=1S/C18H16N2O3/c1-11-5-3-4-6-15(11)20-17-13-9-12(23-2)7-8-16(13)19-10-14(17)18(21)22/h3-10H,1-2H3,(H,19,20)(H,21,22). The number of rotatable bonds is 4. The predicted molar refractivity (Wildman–Crippen MR) is 89.7 cm³/mol. The zero-order valence-corrected chi connectivity index (χ0v) is 12.8. The van der Waals surface area contributed by atoms with Crippen LogP contribution in [0.3, 0.4) is 0 Å². The number of benzene rings is 2. The maximum atomic E-state index is 11.6. The number of para-hydroxylation sites is 1. The molecule has 0 unspecified atom stereocenters. The summed E-state index contributed by atoms with van der Waals surface area (Å²) in [4.78, 5) is 15.8. The van der Waals surface area contributed by atoms with Crippen LogP contribution in [0.5, 0.6) is 5.75 Å². The van der Waals surface area contributed by atoms with Crippen molar-refractivity contribution in [1.29, 1.82) is 0 Å². The summed E-state index contributed by atoms with van der Waals surface area (Å²) in [5.74, 6) is -0.382. The maximum absolute atomic E-state index is 11.6. The molecule has 3 aromatic rings. The molecule has 0 aliphatic heterocycles. The summed E-state index contributed by atoms with van der Waals surface area (Å²) in [6.07, 6.45) is 1.37. The van der Waals surface area contributed by atoms with E-state index in [9.17, 15) is 9.90 Å². The molecule has 0 radical (unpaired) electrons. The van der Waals surface area contributed by atoms with Crippen molar-refractivity contribution in [3.8, 4) is 5.75 Å². The van der Waals surface area contributed by atoms with Crippen LogP contribution in [0, 0.1) is 6.92 Å². The summed E-state index contributed by atoms with van der Waals surface area (Å²) in [5, 5.41) is 13.4. The first kappa shape index (κ1) is 14.8. The molecule has 116 valence electrons. The SMILES string of the molecule is COc1ccc2ncc(C(=O)O)c(Nc3ccccc3C)c2c1. The maximum Gasteiger partial charge on any atom is 0.339 e. The number of carbonyl (C=O) groups is 1. The molecule has 0 amide bonds. The molecule has 1 heterocycles. The van der Waals surface area contributed by atoms with Gasteiger partial charge in [-0.15, -0.1) is 0 Å². The fourth-order valence-electron chi connectivity index (χ4n) is 2.44. The number of fused-ring (bicyclic) bond motifs is 1. The number of hydrogen-bond acceptors (Lipinski definition) is 4. The molecule has 0 atom stereocenters. The quantitative estimate of drug-likeness (QED) is 0.762. The van der Waals surface area contributed by atoms with E-state index in [0.717, 1.165) is 11.3 Å². The molecule has 5 heteroatoms. The number of carboxylic acids is 1. The highest BCUT2D eigenvalue weighted by Gasteiger charge is 2.16. The van der Waals surface area contributed by atoms with Crippen LogP contribution in [0.2, 0.25) is 0 Å². The third-order valence-corrected chi connectivity index (χ3v) is 3.71. The summed E-state index contributed by atoms with van der Waals surface area (Å²) in [7, 11) is 1.57. The topological polar surface area (TPSA) is 71.5 Å². The first-order valence-electron chi connectivity index (χ1n) is 7.13. The van der Waals surface area contributed by atoms with Crippen molar-refractivity contribution in [1.82, 2.24) is 4.98 Å². The number of ether oxygens (including phenoxy) is 1. The minimum Gasteiger partial charge on any atom is -0.497 e. The number of nitrogens with zero attached hydrogens (tertiary/aromatic N) is 1. The molecule has 2 aromatic carbocycles. The number of anilines is 2. The number of methoxy groups -OCH3 is 1. The zero-order chi connectivity index (χ0) is 16.4. The Labute approximate surface area is 133 Å². The Hall–Kier alpha value is -3.08. The smallest absolute Gasteiger partial charge is 0.339 e. The van der Waals surface area contributed by atoms with Crippen LogP contribution in [-0.2, 0) is 0 Å². The van der Waals surface area contributed by atoms with Crippen LogP contribution >= 0.6 is 0 Å². The molecular formula is C18H16N2O3. The van der Waals surface area contributed by atoms with Crippen LogP contribution in [-0.4, -0.2) is 23.2 Å². The lowest BCUT2D eigenvalue weighted by molar-refractivity contribution is 0.0697. The average Bonchev–Trinajstić information content (AvgIpc) is 2.56. The molecule has 0 aliphatic carbocycles. The minimum absolute atomic E-state index is 0.119. The highest BCUT2D eigenvalue weighted by molar-refractivity contribution is 6.05. The Morgan fingerprint density at radius 3 is 2.70 bits per heavy atom. The van der Waals surface area contributed by atoms with Gasteiger partial charge in [-0.3, -0.25) is 4.98 Å². The van der Waals surface area contributed by atoms with Crippen molar-refractivity contribution >= 4 is 28.2 Å². The molecular weight excluding hydrogens is 292 g/mol. The average molecular weight is 308 g/mol. The molecule has 0 saturated heterocycles. The van der Waals surface area contributed by atoms with Gasteiger partial charge in [0.2, 0.25) is 0 Å². The van der Waals surface area contributed by atoms with Crippen molar-refractivity contribution in [3.63, 3.8) is 0 Å². The molecule has 2 N–H and O–H groups in total. The number of aromatic nitrogens is 1. The molecule has 23 heavy (non-hydrogen) atoms. The molecule has 0 fully saturated rings. The van der Waals surface area contributed by atoms with Crippen LogP contribution in [0.4, 0.5) is 11.4 Å². The lowest BCUT2D eigenvalue weighted by atomic mass is 10.1. The van der Waals surface area contributed by atoms with Gasteiger partial charge in [-0.25, -0.2) is 4.79 Å². The van der Waals surface area contributed by atoms with Crippen molar-refractivity contribution in [3.05, 3.63) is 59.8 Å². The first-order valence-corrected chi connectivity index (χ1v) is 7.13. The number of pyridine rings is 1. The predicted octanol–water partition coefficient (Wildman–Crippen LogP) is 3.99. The Bertz CT molecular complexity index is 891. The monoisotopic (exact) mass is 308 g/mol. The molecule has 0 bridgehead atoms. The summed E-state index contributed by atoms with van der Waals surface area (Å²) >= 11 is 0. The molecule has 0 aliphatic rings. The Morgan fingerprint density at radius 1 is 1.22 bits per heavy atom. The van der Waals surface area contributed by atoms with E-state index in [1.165, 1.54) is 6.20 Å². The van der Waals surface area contributed by atoms with Gasteiger partial charge in [0.05, 0.1) is 18.3 Å². The first-order chi connectivity index (χ1) is 11.1. The number of aryl methyl sites for hydroxylation is 1. The summed E-state index contributed by atoms with van der Waals surface area (Å²) < 4.78 is 5.25. The van der Waals surface area contributed by atoms with Crippen LogP contribution in [0.25, 0.3) is 10.9 Å². The molecule has 0 saturated carbocycles. The normalized spacial score (nSPS) is 10.5. The van der Waals surface area contributed by atoms with Crippen LogP contribution in [0.15, 0.2) is 48.7 Å². The summed E-state index contributed by atoms with van der Waals surface area (Å²) in [6, 6.07) is 13.1. The number of nitrogens with one attached hydrogen (secondary N) is 1. The number of aromatic carboxylic acids is 1. The van der Waals surface area contributed by atoms with Gasteiger partial charge in [-0.1, -0.05) is 18.2 Å². The van der Waals surface area contributed by atoms with Gasteiger partial charge < -0.3 is 15.2 Å². The van der Waals surface area contributed by atoms with E-state index in [1.807, 2.05) is 37.3 Å². The van der Waals surface area contributed by atoms with E-state index < -0.39 is 5.97 Å². The fourth-order valence-corrected chi connectivity index (χ4v) is 2.44.